The molecule has 0 spiro atoms. The molecule has 0 radical (unpaired) electrons. The Morgan fingerprint density at radius 3 is 2.90 bits per heavy atom. The minimum atomic E-state index is -0.574. The third-order valence-electron chi connectivity index (χ3n) is 3.84. The molecule has 1 aromatic carbocycles. The van der Waals surface area contributed by atoms with E-state index >= 15 is 0 Å². The molecule has 2 rings (SSSR count). The molecule has 3 atom stereocenters. The number of aliphatic hydroxyl groups is 2. The van der Waals surface area contributed by atoms with Crippen molar-refractivity contribution in [1.82, 2.24) is 5.32 Å². The van der Waals surface area contributed by atoms with Crippen molar-refractivity contribution in [1.29, 1.82) is 0 Å². The van der Waals surface area contributed by atoms with E-state index in [-0.39, 0.29) is 12.7 Å². The summed E-state index contributed by atoms with van der Waals surface area (Å²) in [6, 6.07) is 7.23. The Hall–Kier alpha value is -0.810. The lowest BCUT2D eigenvalue weighted by atomic mass is 9.87. The van der Waals surface area contributed by atoms with Crippen LogP contribution in [0.1, 0.15) is 25.7 Å². The summed E-state index contributed by atoms with van der Waals surface area (Å²) >= 11 is 5.98. The van der Waals surface area contributed by atoms with E-state index in [4.69, 9.17) is 16.3 Å². The van der Waals surface area contributed by atoms with Crippen LogP contribution in [-0.4, -0.2) is 42.1 Å². The van der Waals surface area contributed by atoms with Crippen LogP contribution < -0.4 is 10.1 Å². The Bertz CT molecular complexity index is 430. The second-order valence-electron chi connectivity index (χ2n) is 5.74. The average molecular weight is 314 g/mol. The van der Waals surface area contributed by atoms with Crippen LogP contribution >= 0.6 is 11.6 Å². The summed E-state index contributed by atoms with van der Waals surface area (Å²) in [5, 5.41) is 23.3. The van der Waals surface area contributed by atoms with Crippen LogP contribution in [0, 0.1) is 5.92 Å². The van der Waals surface area contributed by atoms with Crippen molar-refractivity contribution in [2.24, 2.45) is 5.92 Å². The Kier molecular flexibility index (Phi) is 6.77. The molecule has 5 heteroatoms. The lowest BCUT2D eigenvalue weighted by Crippen LogP contribution is -2.36. The number of halogens is 1. The maximum Gasteiger partial charge on any atom is 0.138 e. The second kappa shape index (κ2) is 8.59. The van der Waals surface area contributed by atoms with Crippen LogP contribution in [-0.2, 0) is 0 Å². The van der Waals surface area contributed by atoms with E-state index in [1.54, 1.807) is 12.1 Å². The largest absolute Gasteiger partial charge is 0.489 e. The van der Waals surface area contributed by atoms with E-state index in [1.165, 1.54) is 0 Å². The standard InChI is InChI=1S/C16H24ClNO3/c17-15-6-1-2-7-16(15)21-11-14(20)10-18-9-12-4-3-5-13(19)8-12/h1-2,6-7,12-14,18-20H,3-5,8-11H2. The lowest BCUT2D eigenvalue weighted by molar-refractivity contribution is 0.0904. The maximum atomic E-state index is 9.90. The Morgan fingerprint density at radius 1 is 1.33 bits per heavy atom. The summed E-state index contributed by atoms with van der Waals surface area (Å²) in [7, 11) is 0. The first-order valence-electron chi connectivity index (χ1n) is 7.59. The molecule has 3 unspecified atom stereocenters. The van der Waals surface area contributed by atoms with Gasteiger partial charge in [-0.15, -0.1) is 0 Å². The SMILES string of the molecule is OC(CNCC1CCCC(O)C1)COc1ccccc1Cl. The molecule has 0 saturated heterocycles. The van der Waals surface area contributed by atoms with Crippen molar-refractivity contribution in [3.63, 3.8) is 0 Å². The van der Waals surface area contributed by atoms with Gasteiger partial charge in [0.1, 0.15) is 18.5 Å². The third kappa shape index (κ3) is 5.83. The zero-order chi connectivity index (χ0) is 15.1. The number of ether oxygens (including phenoxy) is 1. The number of hydrogen-bond acceptors (Lipinski definition) is 4. The molecular formula is C16H24ClNO3. The summed E-state index contributed by atoms with van der Waals surface area (Å²) in [5.41, 5.74) is 0. The highest BCUT2D eigenvalue weighted by molar-refractivity contribution is 6.32. The minimum absolute atomic E-state index is 0.154. The average Bonchev–Trinajstić information content (AvgIpc) is 2.46. The molecule has 1 aliphatic carbocycles. The molecule has 1 saturated carbocycles. The monoisotopic (exact) mass is 313 g/mol. The van der Waals surface area contributed by atoms with E-state index in [1.807, 2.05) is 12.1 Å². The fourth-order valence-corrected chi connectivity index (χ4v) is 2.90. The molecule has 0 aromatic heterocycles. The maximum absolute atomic E-state index is 9.90. The first kappa shape index (κ1) is 16.6. The molecule has 0 amide bonds. The van der Waals surface area contributed by atoms with Crippen molar-refractivity contribution in [3.05, 3.63) is 29.3 Å². The van der Waals surface area contributed by atoms with Gasteiger partial charge in [-0.05, 0) is 43.9 Å². The van der Waals surface area contributed by atoms with Gasteiger partial charge in [0.25, 0.3) is 0 Å². The van der Waals surface area contributed by atoms with E-state index in [2.05, 4.69) is 5.32 Å². The van der Waals surface area contributed by atoms with E-state index < -0.39 is 6.10 Å². The highest BCUT2D eigenvalue weighted by atomic mass is 35.5. The van der Waals surface area contributed by atoms with Gasteiger partial charge in [0.05, 0.1) is 11.1 Å². The molecule has 0 heterocycles. The Morgan fingerprint density at radius 2 is 2.14 bits per heavy atom. The third-order valence-corrected chi connectivity index (χ3v) is 4.15. The highest BCUT2D eigenvalue weighted by Gasteiger charge is 2.19. The fraction of sp³-hybridized carbons (Fsp3) is 0.625. The smallest absolute Gasteiger partial charge is 0.138 e. The van der Waals surface area contributed by atoms with Crippen LogP contribution in [0.4, 0.5) is 0 Å². The van der Waals surface area contributed by atoms with Crippen molar-refractivity contribution in [3.8, 4) is 5.75 Å². The Labute approximate surface area is 131 Å². The molecular weight excluding hydrogens is 290 g/mol. The first-order valence-corrected chi connectivity index (χ1v) is 7.97. The van der Waals surface area contributed by atoms with Gasteiger partial charge in [0.2, 0.25) is 0 Å². The van der Waals surface area contributed by atoms with Crippen molar-refractivity contribution < 1.29 is 14.9 Å². The summed E-state index contributed by atoms with van der Waals surface area (Å²) in [6.07, 6.45) is 3.29. The molecule has 1 aliphatic rings. The highest BCUT2D eigenvalue weighted by Crippen LogP contribution is 2.24. The number of para-hydroxylation sites is 1. The quantitative estimate of drug-likeness (QED) is 0.722. The summed E-state index contributed by atoms with van der Waals surface area (Å²) in [5.74, 6) is 1.10. The Balaban J connectivity index is 1.61. The van der Waals surface area contributed by atoms with Crippen LogP contribution in [0.3, 0.4) is 0 Å². The van der Waals surface area contributed by atoms with Crippen LogP contribution in [0.2, 0.25) is 5.02 Å². The van der Waals surface area contributed by atoms with Gasteiger partial charge < -0.3 is 20.3 Å². The van der Waals surface area contributed by atoms with Gasteiger partial charge in [-0.3, -0.25) is 0 Å². The molecule has 118 valence electrons. The molecule has 21 heavy (non-hydrogen) atoms. The van der Waals surface area contributed by atoms with E-state index in [9.17, 15) is 10.2 Å². The van der Waals surface area contributed by atoms with Crippen LogP contribution in [0.15, 0.2) is 24.3 Å². The van der Waals surface area contributed by atoms with Crippen molar-refractivity contribution in [2.45, 2.75) is 37.9 Å². The van der Waals surface area contributed by atoms with Gasteiger partial charge in [0.15, 0.2) is 0 Å². The van der Waals surface area contributed by atoms with Crippen molar-refractivity contribution in [2.75, 3.05) is 19.7 Å². The topological polar surface area (TPSA) is 61.7 Å². The van der Waals surface area contributed by atoms with Gasteiger partial charge in [-0.1, -0.05) is 30.2 Å². The molecule has 0 aliphatic heterocycles. The summed E-state index contributed by atoms with van der Waals surface area (Å²) in [6.45, 7) is 1.53. The van der Waals surface area contributed by atoms with Crippen molar-refractivity contribution >= 4 is 11.6 Å². The number of nitrogens with one attached hydrogen (secondary N) is 1. The predicted molar refractivity (Wildman–Crippen MR) is 83.8 cm³/mol. The molecule has 1 fully saturated rings. The molecule has 0 bridgehead atoms. The normalized spacial score (nSPS) is 23.8. The van der Waals surface area contributed by atoms with Gasteiger partial charge >= 0.3 is 0 Å². The van der Waals surface area contributed by atoms with E-state index in [0.29, 0.717) is 23.2 Å². The minimum Gasteiger partial charge on any atom is -0.489 e. The zero-order valence-electron chi connectivity index (χ0n) is 12.2. The van der Waals surface area contributed by atoms with Gasteiger partial charge in [0, 0.05) is 6.54 Å². The first-order chi connectivity index (χ1) is 10.1. The van der Waals surface area contributed by atoms with Crippen LogP contribution in [0.5, 0.6) is 5.75 Å². The number of rotatable bonds is 7. The summed E-state index contributed by atoms with van der Waals surface area (Å²) < 4.78 is 5.50. The molecule has 4 nitrogen and oxygen atoms in total. The fourth-order valence-electron chi connectivity index (χ4n) is 2.71. The summed E-state index contributed by atoms with van der Waals surface area (Å²) in [4.78, 5) is 0. The predicted octanol–water partition coefficient (Wildman–Crippen LogP) is 2.22. The van der Waals surface area contributed by atoms with Gasteiger partial charge in [-0.2, -0.15) is 0 Å². The van der Waals surface area contributed by atoms with Crippen LogP contribution in [0.25, 0.3) is 0 Å². The number of aliphatic hydroxyl groups excluding tert-OH is 2. The molecule has 1 aromatic rings. The molecule has 3 N–H and O–H groups in total. The lowest BCUT2D eigenvalue weighted by Gasteiger charge is -2.26. The number of hydrogen-bond donors (Lipinski definition) is 3. The zero-order valence-corrected chi connectivity index (χ0v) is 12.9. The number of benzene rings is 1. The second-order valence-corrected chi connectivity index (χ2v) is 6.15. The van der Waals surface area contributed by atoms with E-state index in [0.717, 1.165) is 32.2 Å². The van der Waals surface area contributed by atoms with Gasteiger partial charge in [-0.25, -0.2) is 0 Å².